The fraction of sp³-hybridized carbons (Fsp3) is 0.667. The zero-order chi connectivity index (χ0) is 21.6. The van der Waals surface area contributed by atoms with Crippen molar-refractivity contribution in [3.05, 3.63) is 23.8 Å². The van der Waals surface area contributed by atoms with E-state index in [0.29, 0.717) is 30.8 Å². The predicted molar refractivity (Wildman–Crippen MR) is 123 cm³/mol. The molecule has 0 aliphatic carbocycles. The van der Waals surface area contributed by atoms with Crippen molar-refractivity contribution in [1.82, 2.24) is 5.32 Å². The highest BCUT2D eigenvalue weighted by atomic mass is 16.5. The average Bonchev–Trinajstić information content (AvgIpc) is 3.28. The summed E-state index contributed by atoms with van der Waals surface area (Å²) in [4.78, 5) is 27.4. The van der Waals surface area contributed by atoms with Crippen molar-refractivity contribution in [2.24, 2.45) is 0 Å². The third kappa shape index (κ3) is 8.34. The fourth-order valence-corrected chi connectivity index (χ4v) is 3.83. The van der Waals surface area contributed by atoms with E-state index in [4.69, 9.17) is 4.74 Å². The minimum Gasteiger partial charge on any atom is -0.385 e. The molecule has 1 saturated heterocycles. The number of unbranched alkanes of at least 4 members (excludes halogenated alkanes) is 5. The number of amides is 2. The summed E-state index contributed by atoms with van der Waals surface area (Å²) in [6.45, 7) is 5.33. The summed E-state index contributed by atoms with van der Waals surface area (Å²) in [7, 11) is 1.66. The van der Waals surface area contributed by atoms with Crippen LogP contribution in [0.2, 0.25) is 0 Å². The number of rotatable bonds is 14. The van der Waals surface area contributed by atoms with Crippen LogP contribution in [-0.2, 0) is 9.53 Å². The number of hydrogen-bond acceptors (Lipinski definition) is 4. The Bertz CT molecular complexity index is 657. The maximum absolute atomic E-state index is 12.8. The molecule has 168 valence electrons. The van der Waals surface area contributed by atoms with Crippen molar-refractivity contribution >= 4 is 23.2 Å². The van der Waals surface area contributed by atoms with Gasteiger partial charge in [0, 0.05) is 51.1 Å². The van der Waals surface area contributed by atoms with Crippen LogP contribution >= 0.6 is 0 Å². The summed E-state index contributed by atoms with van der Waals surface area (Å²) in [5.41, 5.74) is 2.27. The molecule has 0 radical (unpaired) electrons. The number of nitrogens with one attached hydrogen (secondary N) is 2. The van der Waals surface area contributed by atoms with Crippen LogP contribution in [0, 0.1) is 0 Å². The lowest BCUT2D eigenvalue weighted by Crippen LogP contribution is -2.29. The highest BCUT2D eigenvalue weighted by Crippen LogP contribution is 2.27. The molecule has 2 N–H and O–H groups in total. The van der Waals surface area contributed by atoms with Crippen molar-refractivity contribution in [2.75, 3.05) is 43.6 Å². The number of carbonyl (C=O) groups excluding carboxylic acids is 2. The zero-order valence-electron chi connectivity index (χ0n) is 18.8. The third-order valence-electron chi connectivity index (χ3n) is 5.54. The molecule has 6 nitrogen and oxygen atoms in total. The first-order valence-electron chi connectivity index (χ1n) is 11.6. The largest absolute Gasteiger partial charge is 0.385 e. The van der Waals surface area contributed by atoms with Gasteiger partial charge in [0.25, 0.3) is 5.91 Å². The lowest BCUT2D eigenvalue weighted by molar-refractivity contribution is -0.116. The molecule has 0 unspecified atom stereocenters. The molecule has 1 aromatic rings. The van der Waals surface area contributed by atoms with Gasteiger partial charge in [-0.1, -0.05) is 39.0 Å². The van der Waals surface area contributed by atoms with Crippen LogP contribution < -0.4 is 15.5 Å². The second-order valence-electron chi connectivity index (χ2n) is 8.09. The Balaban J connectivity index is 1.95. The number of anilines is 2. The van der Waals surface area contributed by atoms with Gasteiger partial charge in [0.15, 0.2) is 0 Å². The molecule has 0 aromatic heterocycles. The van der Waals surface area contributed by atoms with E-state index in [9.17, 15) is 9.59 Å². The topological polar surface area (TPSA) is 70.7 Å². The summed E-state index contributed by atoms with van der Waals surface area (Å²) < 4.78 is 5.05. The quantitative estimate of drug-likeness (QED) is 0.429. The predicted octanol–water partition coefficient (Wildman–Crippen LogP) is 4.74. The van der Waals surface area contributed by atoms with Crippen molar-refractivity contribution in [3.8, 4) is 0 Å². The summed E-state index contributed by atoms with van der Waals surface area (Å²) in [5, 5.41) is 5.95. The van der Waals surface area contributed by atoms with Crippen LogP contribution in [-0.4, -0.2) is 45.2 Å². The Morgan fingerprint density at radius 1 is 1.03 bits per heavy atom. The second kappa shape index (κ2) is 14.0. The van der Waals surface area contributed by atoms with E-state index < -0.39 is 0 Å². The summed E-state index contributed by atoms with van der Waals surface area (Å²) >= 11 is 0. The van der Waals surface area contributed by atoms with Gasteiger partial charge in [-0.2, -0.15) is 0 Å². The summed E-state index contributed by atoms with van der Waals surface area (Å²) in [6.07, 6.45) is 10.5. The number of ether oxygens (including phenoxy) is 1. The van der Waals surface area contributed by atoms with Crippen LogP contribution in [0.1, 0.15) is 81.5 Å². The van der Waals surface area contributed by atoms with Gasteiger partial charge in [0.05, 0.1) is 5.56 Å². The van der Waals surface area contributed by atoms with Crippen LogP contribution in [0.15, 0.2) is 18.2 Å². The smallest absolute Gasteiger partial charge is 0.253 e. The highest BCUT2D eigenvalue weighted by molar-refractivity contribution is 6.02. The lowest BCUT2D eigenvalue weighted by Gasteiger charge is -2.22. The molecule has 2 amide bonds. The number of benzene rings is 1. The Kier molecular flexibility index (Phi) is 11.3. The van der Waals surface area contributed by atoms with Gasteiger partial charge in [0.2, 0.25) is 5.91 Å². The Labute approximate surface area is 181 Å². The number of methoxy groups -OCH3 is 1. The molecule has 2 rings (SSSR count). The van der Waals surface area contributed by atoms with E-state index >= 15 is 0 Å². The molecule has 0 bridgehead atoms. The number of carbonyl (C=O) groups is 2. The molecule has 0 spiro atoms. The summed E-state index contributed by atoms with van der Waals surface area (Å²) in [6, 6.07) is 5.70. The van der Waals surface area contributed by atoms with E-state index in [-0.39, 0.29) is 11.8 Å². The Hall–Kier alpha value is -2.08. The molecule has 1 aliphatic rings. The summed E-state index contributed by atoms with van der Waals surface area (Å²) in [5.74, 6) is -0.0779. The minimum atomic E-state index is -0.0972. The first kappa shape index (κ1) is 24.2. The van der Waals surface area contributed by atoms with Crippen LogP contribution in [0.25, 0.3) is 0 Å². The fourth-order valence-electron chi connectivity index (χ4n) is 3.83. The van der Waals surface area contributed by atoms with E-state index in [0.717, 1.165) is 50.9 Å². The Morgan fingerprint density at radius 2 is 1.77 bits per heavy atom. The van der Waals surface area contributed by atoms with Gasteiger partial charge in [0.1, 0.15) is 0 Å². The Morgan fingerprint density at radius 3 is 2.50 bits per heavy atom. The van der Waals surface area contributed by atoms with Crippen molar-refractivity contribution in [1.29, 1.82) is 0 Å². The lowest BCUT2D eigenvalue weighted by atomic mass is 10.1. The van der Waals surface area contributed by atoms with Crippen LogP contribution in [0.3, 0.4) is 0 Å². The molecular weight excluding hydrogens is 378 g/mol. The third-order valence-corrected chi connectivity index (χ3v) is 5.54. The monoisotopic (exact) mass is 417 g/mol. The van der Waals surface area contributed by atoms with E-state index in [1.165, 1.54) is 25.7 Å². The van der Waals surface area contributed by atoms with Gasteiger partial charge in [-0.15, -0.1) is 0 Å². The normalized spacial score (nSPS) is 13.5. The van der Waals surface area contributed by atoms with Crippen molar-refractivity contribution in [2.45, 2.75) is 71.1 Å². The molecule has 1 aliphatic heterocycles. The molecule has 0 saturated carbocycles. The molecule has 0 atom stereocenters. The molecular formula is C24H39N3O3. The van der Waals surface area contributed by atoms with E-state index in [2.05, 4.69) is 22.5 Å². The SMILES string of the molecule is CCCCCCCCC(=O)Nc1ccc(N2CCCC2)c(C(=O)NCCCOC)c1. The molecule has 1 aromatic carbocycles. The highest BCUT2D eigenvalue weighted by Gasteiger charge is 2.20. The van der Waals surface area contributed by atoms with Crippen LogP contribution in [0.4, 0.5) is 11.4 Å². The zero-order valence-corrected chi connectivity index (χ0v) is 18.8. The number of nitrogens with zero attached hydrogens (tertiary/aromatic N) is 1. The van der Waals surface area contributed by atoms with E-state index in [1.54, 1.807) is 7.11 Å². The van der Waals surface area contributed by atoms with Crippen molar-refractivity contribution in [3.63, 3.8) is 0 Å². The van der Waals surface area contributed by atoms with Gasteiger partial charge in [-0.05, 0) is 43.9 Å². The maximum atomic E-state index is 12.8. The molecule has 6 heteroatoms. The second-order valence-corrected chi connectivity index (χ2v) is 8.09. The molecule has 30 heavy (non-hydrogen) atoms. The maximum Gasteiger partial charge on any atom is 0.253 e. The van der Waals surface area contributed by atoms with Crippen LogP contribution in [0.5, 0.6) is 0 Å². The van der Waals surface area contributed by atoms with Gasteiger partial charge in [-0.3, -0.25) is 9.59 Å². The van der Waals surface area contributed by atoms with Crippen molar-refractivity contribution < 1.29 is 14.3 Å². The first-order chi connectivity index (χ1) is 14.7. The standard InChI is InChI=1S/C24H39N3O3/c1-3-4-5-6-7-8-12-23(28)26-20-13-14-22(27-16-9-10-17-27)21(19-20)24(29)25-15-11-18-30-2/h13-14,19H,3-12,15-18H2,1-2H3,(H,25,29)(H,26,28). The van der Waals surface area contributed by atoms with Gasteiger partial charge >= 0.3 is 0 Å². The van der Waals surface area contributed by atoms with Gasteiger partial charge < -0.3 is 20.3 Å². The minimum absolute atomic E-state index is 0.0193. The number of hydrogen-bond donors (Lipinski definition) is 2. The molecule has 1 heterocycles. The molecule has 1 fully saturated rings. The average molecular weight is 418 g/mol. The van der Waals surface area contributed by atoms with Gasteiger partial charge in [-0.25, -0.2) is 0 Å². The van der Waals surface area contributed by atoms with E-state index in [1.807, 2.05) is 18.2 Å². The first-order valence-corrected chi connectivity index (χ1v) is 11.6.